The van der Waals surface area contributed by atoms with Gasteiger partial charge in [-0.05, 0) is 99.6 Å². The second-order valence-electron chi connectivity index (χ2n) is 13.0. The predicted octanol–water partition coefficient (Wildman–Crippen LogP) is 5.60. The number of alkyl carbamates (subject to hydrolysis) is 1. The number of aromatic amines is 2. The van der Waals surface area contributed by atoms with E-state index in [1.54, 1.807) is 4.57 Å². The first-order chi connectivity index (χ1) is 23.7. The SMILES string of the molecule is CN(C)CCc1c[nH]c2ccc(C[C@H]3COC(=O)N3)cc12.O=C(CCCN1CC=C(n2c(=O)[nH]c3ccccc32)CC1)c1ccc(F)cc1. The molecule has 3 N–H and O–H groups in total. The standard InChI is InChI=1S/C22H22FN3O2.C16H21N3O2/c23-17-9-7-16(8-10-17)21(27)6-3-13-25-14-11-18(12-15-25)26-20-5-2-1-4-19(20)24-22(26)28;1-19(2)6-5-12-9-17-15-4-3-11(8-14(12)15)7-13-10-21-16(20)18-13/h1-2,4-5,7-11H,3,6,12-15H2,(H,24,28);3-4,8-9,13,17H,5-7,10H2,1-2H3,(H,18,20)/t;13-/m.0/s1. The number of hydrogen-bond donors (Lipinski definition) is 3. The number of halogens is 1. The monoisotopic (exact) mass is 666 g/mol. The molecule has 49 heavy (non-hydrogen) atoms. The Morgan fingerprint density at radius 1 is 1.04 bits per heavy atom. The van der Waals surface area contributed by atoms with Crippen molar-refractivity contribution in [3.63, 3.8) is 0 Å². The molecular formula is C38H43FN6O4. The maximum atomic E-state index is 12.9. The summed E-state index contributed by atoms with van der Waals surface area (Å²) in [5.41, 5.74) is 6.94. The number of ketones is 1. The number of rotatable bonds is 11. The van der Waals surface area contributed by atoms with Crippen molar-refractivity contribution in [2.24, 2.45) is 0 Å². The number of carbonyl (C=O) groups is 2. The van der Waals surface area contributed by atoms with E-state index < -0.39 is 0 Å². The number of para-hydroxylation sites is 2. The molecule has 0 saturated carbocycles. The number of fused-ring (bicyclic) bond motifs is 2. The Morgan fingerprint density at radius 3 is 2.59 bits per heavy atom. The maximum Gasteiger partial charge on any atom is 0.407 e. The molecule has 11 heteroatoms. The molecule has 2 aliphatic rings. The molecule has 0 spiro atoms. The van der Waals surface area contributed by atoms with E-state index in [1.807, 2.05) is 24.3 Å². The lowest BCUT2D eigenvalue weighted by Crippen LogP contribution is -2.32. The van der Waals surface area contributed by atoms with Crippen LogP contribution in [-0.4, -0.2) is 89.1 Å². The Labute approximate surface area is 284 Å². The number of likely N-dealkylation sites (N-methyl/N-ethyl adjacent to an activating group) is 1. The van der Waals surface area contributed by atoms with Gasteiger partial charge in [0, 0.05) is 60.8 Å². The average molecular weight is 667 g/mol. The summed E-state index contributed by atoms with van der Waals surface area (Å²) in [7, 11) is 4.17. The van der Waals surface area contributed by atoms with Crippen molar-refractivity contribution >= 4 is 39.5 Å². The Bertz CT molecular complexity index is 2010. The summed E-state index contributed by atoms with van der Waals surface area (Å²) in [4.78, 5) is 46.2. The van der Waals surface area contributed by atoms with Crippen molar-refractivity contribution in [3.8, 4) is 0 Å². The number of imidazole rings is 1. The highest BCUT2D eigenvalue weighted by Crippen LogP contribution is 2.23. The summed E-state index contributed by atoms with van der Waals surface area (Å²) >= 11 is 0. The second kappa shape index (κ2) is 15.5. The number of Topliss-reactive ketones (excluding diaryl/α,β-unsaturated/α-hetero) is 1. The third-order valence-electron chi connectivity index (χ3n) is 9.07. The molecule has 1 amide bonds. The smallest absolute Gasteiger partial charge is 0.407 e. The van der Waals surface area contributed by atoms with Gasteiger partial charge in [-0.3, -0.25) is 14.3 Å². The average Bonchev–Trinajstić information content (AvgIpc) is 3.80. The predicted molar refractivity (Wildman–Crippen MR) is 190 cm³/mol. The van der Waals surface area contributed by atoms with Crippen LogP contribution >= 0.6 is 0 Å². The fourth-order valence-corrected chi connectivity index (χ4v) is 6.41. The van der Waals surface area contributed by atoms with Crippen molar-refractivity contribution in [2.45, 2.75) is 38.1 Å². The zero-order valence-electron chi connectivity index (χ0n) is 28.0. The molecule has 0 aliphatic carbocycles. The minimum atomic E-state index is -0.332. The number of aromatic nitrogens is 3. The molecule has 4 heterocycles. The van der Waals surface area contributed by atoms with Crippen LogP contribution in [0.4, 0.5) is 9.18 Å². The highest BCUT2D eigenvalue weighted by atomic mass is 19.1. The van der Waals surface area contributed by atoms with E-state index in [-0.39, 0.29) is 29.4 Å². The van der Waals surface area contributed by atoms with Gasteiger partial charge in [0.05, 0.1) is 17.1 Å². The molecule has 2 aromatic heterocycles. The van der Waals surface area contributed by atoms with Crippen LogP contribution in [0.2, 0.25) is 0 Å². The van der Waals surface area contributed by atoms with Gasteiger partial charge in [-0.15, -0.1) is 0 Å². The van der Waals surface area contributed by atoms with Crippen molar-refractivity contribution < 1.29 is 18.7 Å². The summed E-state index contributed by atoms with van der Waals surface area (Å²) in [6, 6.07) is 19.9. The van der Waals surface area contributed by atoms with E-state index in [2.05, 4.69) is 69.7 Å². The zero-order valence-corrected chi connectivity index (χ0v) is 28.0. The van der Waals surface area contributed by atoms with Gasteiger partial charge in [0.25, 0.3) is 0 Å². The number of hydrogen-bond acceptors (Lipinski definition) is 6. The molecule has 1 atom stereocenters. The lowest BCUT2D eigenvalue weighted by Gasteiger charge is -2.26. The normalized spacial score (nSPS) is 16.4. The molecule has 2 aliphatic heterocycles. The van der Waals surface area contributed by atoms with Crippen LogP contribution in [0.3, 0.4) is 0 Å². The summed E-state index contributed by atoms with van der Waals surface area (Å²) in [5, 5.41) is 4.10. The minimum Gasteiger partial charge on any atom is -0.447 e. The Kier molecular flexibility index (Phi) is 10.7. The van der Waals surface area contributed by atoms with Crippen LogP contribution in [0.15, 0.2) is 83.8 Å². The fraction of sp³-hybridized carbons (Fsp3) is 0.342. The number of H-pyrrole nitrogens is 2. The molecule has 3 aromatic carbocycles. The molecule has 0 bridgehead atoms. The first-order valence-corrected chi connectivity index (χ1v) is 16.8. The van der Waals surface area contributed by atoms with Gasteiger partial charge in [0.1, 0.15) is 12.4 Å². The molecule has 256 valence electrons. The van der Waals surface area contributed by atoms with E-state index >= 15 is 0 Å². The largest absolute Gasteiger partial charge is 0.447 e. The molecule has 10 nitrogen and oxygen atoms in total. The van der Waals surface area contributed by atoms with E-state index in [9.17, 15) is 18.8 Å². The van der Waals surface area contributed by atoms with Gasteiger partial charge in [0.15, 0.2) is 5.78 Å². The Hall–Kier alpha value is -5.00. The molecule has 0 unspecified atom stereocenters. The van der Waals surface area contributed by atoms with Gasteiger partial charge < -0.3 is 24.9 Å². The van der Waals surface area contributed by atoms with Crippen molar-refractivity contribution in [1.82, 2.24) is 29.7 Å². The number of amides is 1. The third kappa shape index (κ3) is 8.54. The molecule has 1 fully saturated rings. The topological polar surface area (TPSA) is 115 Å². The van der Waals surface area contributed by atoms with Gasteiger partial charge in [-0.2, -0.15) is 0 Å². The van der Waals surface area contributed by atoms with Crippen LogP contribution < -0.4 is 11.0 Å². The van der Waals surface area contributed by atoms with Gasteiger partial charge in [0.2, 0.25) is 0 Å². The Morgan fingerprint density at radius 2 is 1.86 bits per heavy atom. The molecule has 5 aromatic rings. The number of benzene rings is 3. The first kappa shape index (κ1) is 33.9. The molecule has 0 radical (unpaired) electrons. The molecule has 7 rings (SSSR count). The highest BCUT2D eigenvalue weighted by molar-refractivity contribution is 5.96. The summed E-state index contributed by atoms with van der Waals surface area (Å²) in [6.45, 7) is 3.91. The first-order valence-electron chi connectivity index (χ1n) is 16.8. The van der Waals surface area contributed by atoms with Crippen LogP contribution in [0.5, 0.6) is 0 Å². The van der Waals surface area contributed by atoms with Gasteiger partial charge >= 0.3 is 11.8 Å². The van der Waals surface area contributed by atoms with Crippen LogP contribution in [0.25, 0.3) is 27.6 Å². The summed E-state index contributed by atoms with van der Waals surface area (Å²) < 4.78 is 19.6. The van der Waals surface area contributed by atoms with Crippen molar-refractivity contribution in [2.75, 3.05) is 46.9 Å². The lowest BCUT2D eigenvalue weighted by molar-refractivity contribution is 0.0975. The van der Waals surface area contributed by atoms with Crippen LogP contribution in [0.1, 0.15) is 40.7 Å². The van der Waals surface area contributed by atoms with E-state index in [1.165, 1.54) is 46.3 Å². The van der Waals surface area contributed by atoms with Gasteiger partial charge in [-0.1, -0.05) is 24.3 Å². The summed E-state index contributed by atoms with van der Waals surface area (Å²) in [6.07, 6.45) is 7.69. The van der Waals surface area contributed by atoms with E-state index in [0.717, 1.165) is 68.6 Å². The van der Waals surface area contributed by atoms with Crippen molar-refractivity contribution in [1.29, 1.82) is 0 Å². The van der Waals surface area contributed by atoms with Crippen LogP contribution in [-0.2, 0) is 17.6 Å². The highest BCUT2D eigenvalue weighted by Gasteiger charge is 2.22. The number of carbonyl (C=O) groups excluding carboxylic acids is 2. The molecule has 1 saturated heterocycles. The zero-order chi connectivity index (χ0) is 34.3. The number of cyclic esters (lactones) is 1. The van der Waals surface area contributed by atoms with Crippen molar-refractivity contribution in [3.05, 3.63) is 112 Å². The van der Waals surface area contributed by atoms with Crippen LogP contribution in [0, 0.1) is 5.82 Å². The third-order valence-corrected chi connectivity index (χ3v) is 9.07. The minimum absolute atomic E-state index is 0.0404. The number of nitrogens with one attached hydrogen (secondary N) is 3. The lowest BCUT2D eigenvalue weighted by atomic mass is 10.0. The quantitative estimate of drug-likeness (QED) is 0.158. The number of nitrogens with zero attached hydrogens (tertiary/aromatic N) is 3. The van der Waals surface area contributed by atoms with E-state index in [0.29, 0.717) is 18.6 Å². The maximum absolute atomic E-state index is 12.9. The second-order valence-corrected chi connectivity index (χ2v) is 13.0. The summed E-state index contributed by atoms with van der Waals surface area (Å²) in [5.74, 6) is -0.291. The van der Waals surface area contributed by atoms with E-state index in [4.69, 9.17) is 4.74 Å². The Balaban J connectivity index is 0.000000177. The fourth-order valence-electron chi connectivity index (χ4n) is 6.41. The molecular weight excluding hydrogens is 623 g/mol. The van der Waals surface area contributed by atoms with Gasteiger partial charge in [-0.25, -0.2) is 14.0 Å². The number of ether oxygens (including phenoxy) is 1.